The predicted molar refractivity (Wildman–Crippen MR) is 154 cm³/mol. The van der Waals surface area contributed by atoms with E-state index in [0.717, 1.165) is 35.5 Å². The van der Waals surface area contributed by atoms with Crippen LogP contribution in [0.4, 0.5) is 0 Å². The molecule has 0 radical (unpaired) electrons. The van der Waals surface area contributed by atoms with E-state index < -0.39 is 0 Å². The number of hydrogen-bond donors (Lipinski definition) is 0. The van der Waals surface area contributed by atoms with Crippen molar-refractivity contribution in [2.24, 2.45) is 35.5 Å². The first-order valence-electron chi connectivity index (χ1n) is 14.4. The molecule has 0 heterocycles. The molecule has 0 aliphatic rings. The average Bonchev–Trinajstić information content (AvgIpc) is 2.79. The number of rotatable bonds is 15. The van der Waals surface area contributed by atoms with E-state index in [1.807, 2.05) is 0 Å². The van der Waals surface area contributed by atoms with Gasteiger partial charge in [-0.05, 0) is 17.8 Å². The molecule has 0 amide bonds. The van der Waals surface area contributed by atoms with Gasteiger partial charge in [0.2, 0.25) is 48.9 Å². The van der Waals surface area contributed by atoms with Gasteiger partial charge in [-0.15, -0.1) is 0 Å². The molecule has 0 fully saturated rings. The van der Waals surface area contributed by atoms with Gasteiger partial charge in [0.15, 0.2) is 0 Å². The maximum atomic E-state index is 2.33. The molecule has 3 heteroatoms. The lowest BCUT2D eigenvalue weighted by Gasteiger charge is -2.22. The van der Waals surface area contributed by atoms with Gasteiger partial charge >= 0.3 is 0 Å². The van der Waals surface area contributed by atoms with Crippen LogP contribution < -0.4 is 0 Å². The second-order valence-corrected chi connectivity index (χ2v) is 11.9. The van der Waals surface area contributed by atoms with E-state index in [0.29, 0.717) is 0 Å². The standard InChI is InChI=1S/3C9H19.3Al.6H/c3*1-5-8(4)9(6-2)7-3;;;;;;;;;/h3*8-9H,4-7H2,1-3H3;;;;;;;;;. The van der Waals surface area contributed by atoms with E-state index >= 15 is 0 Å². The van der Waals surface area contributed by atoms with Gasteiger partial charge in [-0.25, -0.2) is 0 Å². The molecule has 3 unspecified atom stereocenters. The van der Waals surface area contributed by atoms with E-state index in [4.69, 9.17) is 0 Å². The van der Waals surface area contributed by atoms with E-state index in [2.05, 4.69) is 62.3 Å². The summed E-state index contributed by atoms with van der Waals surface area (Å²) in [6.45, 7) is 21.0. The summed E-state index contributed by atoms with van der Waals surface area (Å²) >= 11 is 4.17. The molecule has 30 heavy (non-hydrogen) atoms. The highest BCUT2D eigenvalue weighted by Gasteiger charge is 2.14. The molecule has 0 aliphatic carbocycles. The van der Waals surface area contributed by atoms with Crippen LogP contribution in [0.3, 0.4) is 0 Å². The van der Waals surface area contributed by atoms with E-state index in [1.165, 1.54) is 123 Å². The van der Waals surface area contributed by atoms with Gasteiger partial charge in [0.25, 0.3) is 0 Å². The summed E-state index contributed by atoms with van der Waals surface area (Å²) in [5.41, 5.74) is 0. The predicted octanol–water partition coefficient (Wildman–Crippen LogP) is 7.50. The molecule has 0 bridgehead atoms. The van der Waals surface area contributed by atoms with Gasteiger partial charge < -0.3 is 0 Å². The molecule has 0 spiro atoms. The highest BCUT2D eigenvalue weighted by atomic mass is 27.1. The normalized spacial score (nSPS) is 14.0. The van der Waals surface area contributed by atoms with Crippen molar-refractivity contribution in [1.82, 2.24) is 0 Å². The van der Waals surface area contributed by atoms with E-state index in [1.54, 1.807) is 0 Å². The fourth-order valence-corrected chi connectivity index (χ4v) is 9.46. The Labute approximate surface area is 219 Å². The molecule has 0 rings (SSSR count). The summed E-state index contributed by atoms with van der Waals surface area (Å²) in [4.78, 5) is 0. The Balaban J connectivity index is -0.000000364. The molecule has 0 aromatic rings. The largest absolute Gasteiger partial charge is 0.212 e. The summed E-state index contributed by atoms with van der Waals surface area (Å²) in [7, 11) is 0. The van der Waals surface area contributed by atoms with Crippen LogP contribution >= 0.6 is 0 Å². The minimum atomic E-state index is 1.02. The van der Waals surface area contributed by atoms with Gasteiger partial charge in [0.1, 0.15) is 0 Å². The Morgan fingerprint density at radius 1 is 0.300 bits per heavy atom. The van der Waals surface area contributed by atoms with E-state index in [9.17, 15) is 0 Å². The molecular weight excluding hydrogens is 405 g/mol. The quantitative estimate of drug-likeness (QED) is 0.218. The average molecular weight is 469 g/mol. The van der Waals surface area contributed by atoms with Crippen molar-refractivity contribution >= 4 is 48.9 Å². The molecule has 0 saturated heterocycles. The zero-order valence-electron chi connectivity index (χ0n) is 23.9. The van der Waals surface area contributed by atoms with Crippen molar-refractivity contribution < 1.29 is 0 Å². The lowest BCUT2D eigenvalue weighted by molar-refractivity contribution is 0.329. The Morgan fingerprint density at radius 2 is 0.433 bits per heavy atom. The van der Waals surface area contributed by atoms with Crippen molar-refractivity contribution in [3.63, 3.8) is 0 Å². The fourth-order valence-electron chi connectivity index (χ4n) is 5.73. The van der Waals surface area contributed by atoms with Gasteiger partial charge in [-0.3, -0.25) is 0 Å². The van der Waals surface area contributed by atoms with Gasteiger partial charge in [0.05, 0.1) is 0 Å². The summed E-state index contributed by atoms with van der Waals surface area (Å²) in [5, 5.41) is 4.51. The van der Waals surface area contributed by atoms with Gasteiger partial charge in [0, 0.05) is 0 Å². The second-order valence-electron chi connectivity index (χ2n) is 9.46. The monoisotopic (exact) mass is 468 g/mol. The lowest BCUT2D eigenvalue weighted by Crippen LogP contribution is -2.11. The third-order valence-corrected chi connectivity index (χ3v) is 11.4. The molecule has 0 aromatic heterocycles. The Kier molecular flexibility index (Phi) is 32.4. The molecule has 0 saturated carbocycles. The van der Waals surface area contributed by atoms with Crippen LogP contribution in [0, 0.1) is 35.5 Å². The zero-order chi connectivity index (χ0) is 23.9. The smallest absolute Gasteiger partial charge is 0.0982 e. The molecule has 180 valence electrons. The Morgan fingerprint density at radius 3 is 0.467 bits per heavy atom. The summed E-state index contributed by atoms with van der Waals surface area (Å²) in [5.74, 6) is 6.18. The van der Waals surface area contributed by atoms with Crippen LogP contribution in [0.1, 0.15) is 120 Å². The molecule has 3 atom stereocenters. The van der Waals surface area contributed by atoms with Crippen molar-refractivity contribution in [3.05, 3.63) is 0 Å². The molecule has 0 N–H and O–H groups in total. The summed E-state index contributed by atoms with van der Waals surface area (Å²) in [6.07, 6.45) is 12.5. The molecular formula is C27H63Al3. The minimum absolute atomic E-state index is 1.02. The van der Waals surface area contributed by atoms with E-state index in [-0.39, 0.29) is 0 Å². The molecule has 0 aromatic carbocycles. The van der Waals surface area contributed by atoms with Crippen LogP contribution in [0.2, 0.25) is 15.8 Å². The minimum Gasteiger partial charge on any atom is -0.0982 e. The van der Waals surface area contributed by atoms with Crippen LogP contribution in [-0.2, 0) is 0 Å². The third kappa shape index (κ3) is 17.1. The first kappa shape index (κ1) is 36.2. The zero-order valence-corrected chi connectivity index (χ0v) is 29.9. The van der Waals surface area contributed by atoms with Crippen LogP contribution in [-0.4, -0.2) is 48.9 Å². The summed E-state index contributed by atoms with van der Waals surface area (Å²) < 4.78 is 0. The van der Waals surface area contributed by atoms with Crippen molar-refractivity contribution in [2.45, 2.75) is 136 Å². The van der Waals surface area contributed by atoms with Crippen molar-refractivity contribution in [1.29, 1.82) is 0 Å². The maximum Gasteiger partial charge on any atom is 0.212 e. The first-order valence-corrected chi connectivity index (χ1v) is 18.6. The van der Waals surface area contributed by atoms with Crippen LogP contribution in [0.25, 0.3) is 0 Å². The SMILES string of the molecule is CCC(CC)C(CC)[CH2][AlH2].CCC(CC)C(CC)[CH2][AlH2].CCC(CC)C(CC)[CH2][AlH2]. The van der Waals surface area contributed by atoms with Crippen LogP contribution in [0.5, 0.6) is 0 Å². The Hall–Kier alpha value is 1.60. The fraction of sp³-hybridized carbons (Fsp3) is 1.00. The highest BCUT2D eigenvalue weighted by molar-refractivity contribution is 6.09. The number of hydrogen-bond acceptors (Lipinski definition) is 0. The Bertz CT molecular complexity index is 207. The molecule has 0 aliphatic heterocycles. The lowest BCUT2D eigenvalue weighted by atomic mass is 9.87. The van der Waals surface area contributed by atoms with Gasteiger partial charge in [-0.2, -0.15) is 0 Å². The first-order chi connectivity index (χ1) is 14.4. The van der Waals surface area contributed by atoms with Gasteiger partial charge in [-0.1, -0.05) is 154 Å². The topological polar surface area (TPSA) is 0 Å². The third-order valence-electron chi connectivity index (χ3n) is 8.29. The summed E-state index contributed by atoms with van der Waals surface area (Å²) in [6, 6.07) is 0. The highest BCUT2D eigenvalue weighted by Crippen LogP contribution is 2.26. The van der Waals surface area contributed by atoms with Crippen molar-refractivity contribution in [2.75, 3.05) is 0 Å². The van der Waals surface area contributed by atoms with Crippen LogP contribution in [0.15, 0.2) is 0 Å². The molecule has 0 nitrogen and oxygen atoms in total. The maximum absolute atomic E-state index is 2.33. The van der Waals surface area contributed by atoms with Crippen molar-refractivity contribution in [3.8, 4) is 0 Å². The second kappa shape index (κ2) is 26.8.